The summed E-state index contributed by atoms with van der Waals surface area (Å²) in [6, 6.07) is 9.90. The molecule has 2 rings (SSSR count). The first-order valence-electron chi connectivity index (χ1n) is 6.16. The van der Waals surface area contributed by atoms with Gasteiger partial charge in [0.2, 0.25) is 5.91 Å². The number of benzene rings is 2. The summed E-state index contributed by atoms with van der Waals surface area (Å²) in [6.45, 7) is 0. The molecule has 2 aromatic carbocycles. The van der Waals surface area contributed by atoms with E-state index in [-0.39, 0.29) is 5.75 Å². The highest BCUT2D eigenvalue weighted by atomic mass is 19.1. The number of rotatable bonds is 4. The van der Waals surface area contributed by atoms with Gasteiger partial charge in [-0.05, 0) is 42.0 Å². The lowest BCUT2D eigenvalue weighted by atomic mass is 10.2. The molecule has 0 unspecified atom stereocenters. The van der Waals surface area contributed by atoms with Gasteiger partial charge in [-0.25, -0.2) is 8.78 Å². The molecule has 0 radical (unpaired) electrons. The molecule has 0 atom stereocenters. The Morgan fingerprint density at radius 2 is 2.00 bits per heavy atom. The van der Waals surface area contributed by atoms with E-state index >= 15 is 0 Å². The van der Waals surface area contributed by atoms with Crippen molar-refractivity contribution in [2.24, 2.45) is 0 Å². The van der Waals surface area contributed by atoms with E-state index in [9.17, 15) is 13.6 Å². The first kappa shape index (κ1) is 14.7. The Hall–Kier alpha value is -2.69. The second-order valence-electron chi connectivity index (χ2n) is 4.23. The molecule has 0 bridgehead atoms. The Balaban J connectivity index is 2.03. The van der Waals surface area contributed by atoms with Gasteiger partial charge in [0.05, 0.1) is 7.11 Å². The highest BCUT2D eigenvalue weighted by Gasteiger charge is 2.02. The van der Waals surface area contributed by atoms with Crippen LogP contribution in [0.1, 0.15) is 5.56 Å². The first-order chi connectivity index (χ1) is 10.1. The molecule has 3 nitrogen and oxygen atoms in total. The largest absolute Gasteiger partial charge is 0.494 e. The molecule has 0 aliphatic carbocycles. The molecule has 0 aliphatic heterocycles. The third-order valence-electron chi connectivity index (χ3n) is 2.70. The van der Waals surface area contributed by atoms with Crippen molar-refractivity contribution in [2.75, 3.05) is 12.4 Å². The van der Waals surface area contributed by atoms with Crippen molar-refractivity contribution in [3.8, 4) is 5.75 Å². The molecule has 5 heteroatoms. The van der Waals surface area contributed by atoms with Gasteiger partial charge in [-0.15, -0.1) is 0 Å². The summed E-state index contributed by atoms with van der Waals surface area (Å²) in [5.41, 5.74) is 0.869. The molecule has 108 valence electrons. The third-order valence-corrected chi connectivity index (χ3v) is 2.70. The molecular formula is C16H13F2NO2. The van der Waals surface area contributed by atoms with Crippen LogP contribution in [0.15, 0.2) is 48.5 Å². The van der Waals surface area contributed by atoms with Crippen molar-refractivity contribution in [3.05, 3.63) is 65.7 Å². The fourth-order valence-corrected chi connectivity index (χ4v) is 1.71. The molecular weight excluding hydrogens is 276 g/mol. The molecule has 0 aliphatic rings. The summed E-state index contributed by atoms with van der Waals surface area (Å²) in [4.78, 5) is 11.7. The number of hydrogen-bond donors (Lipinski definition) is 1. The van der Waals surface area contributed by atoms with Crippen LogP contribution in [-0.2, 0) is 4.79 Å². The Morgan fingerprint density at radius 3 is 2.67 bits per heavy atom. The average molecular weight is 289 g/mol. The van der Waals surface area contributed by atoms with Crippen molar-refractivity contribution in [1.29, 1.82) is 0 Å². The Kier molecular flexibility index (Phi) is 4.66. The first-order valence-corrected chi connectivity index (χ1v) is 6.16. The SMILES string of the molecule is COc1ccc(C=CC(=O)Nc2cccc(F)c2)cc1F. The quantitative estimate of drug-likeness (QED) is 0.873. The van der Waals surface area contributed by atoms with Crippen LogP contribution < -0.4 is 10.1 Å². The van der Waals surface area contributed by atoms with Crippen molar-refractivity contribution >= 4 is 17.7 Å². The maximum absolute atomic E-state index is 13.5. The van der Waals surface area contributed by atoms with Crippen LogP contribution in [0.4, 0.5) is 14.5 Å². The molecule has 2 aromatic rings. The zero-order valence-corrected chi connectivity index (χ0v) is 11.3. The van der Waals surface area contributed by atoms with Gasteiger partial charge in [0.1, 0.15) is 5.82 Å². The number of carbonyl (C=O) groups excluding carboxylic acids is 1. The number of hydrogen-bond acceptors (Lipinski definition) is 2. The van der Waals surface area contributed by atoms with Crippen molar-refractivity contribution in [2.45, 2.75) is 0 Å². The lowest BCUT2D eigenvalue weighted by Crippen LogP contribution is -2.07. The fraction of sp³-hybridized carbons (Fsp3) is 0.0625. The smallest absolute Gasteiger partial charge is 0.248 e. The van der Waals surface area contributed by atoms with Crippen LogP contribution in [0, 0.1) is 11.6 Å². The maximum atomic E-state index is 13.5. The van der Waals surface area contributed by atoms with E-state index in [4.69, 9.17) is 4.74 Å². The van der Waals surface area contributed by atoms with Crippen LogP contribution in [0.25, 0.3) is 6.08 Å². The summed E-state index contributed by atoms with van der Waals surface area (Å²) >= 11 is 0. The van der Waals surface area contributed by atoms with Crippen LogP contribution in [-0.4, -0.2) is 13.0 Å². The standard InChI is InChI=1S/C16H13F2NO2/c1-21-15-7-5-11(9-14(15)18)6-8-16(20)19-13-4-2-3-12(17)10-13/h2-10H,1H3,(H,19,20). The molecule has 1 amide bonds. The number of carbonyl (C=O) groups is 1. The van der Waals surface area contributed by atoms with Crippen molar-refractivity contribution < 1.29 is 18.3 Å². The molecule has 0 fully saturated rings. The van der Waals surface area contributed by atoms with Crippen molar-refractivity contribution in [1.82, 2.24) is 0 Å². The summed E-state index contributed by atoms with van der Waals surface area (Å²) in [5, 5.41) is 2.51. The van der Waals surface area contributed by atoms with Gasteiger partial charge >= 0.3 is 0 Å². The second-order valence-corrected chi connectivity index (χ2v) is 4.23. The van der Waals surface area contributed by atoms with Crippen LogP contribution in [0.3, 0.4) is 0 Å². The van der Waals surface area contributed by atoms with Crippen molar-refractivity contribution in [3.63, 3.8) is 0 Å². The summed E-state index contributed by atoms with van der Waals surface area (Å²) < 4.78 is 31.2. The highest BCUT2D eigenvalue weighted by Crippen LogP contribution is 2.18. The maximum Gasteiger partial charge on any atom is 0.248 e. The lowest BCUT2D eigenvalue weighted by Gasteiger charge is -2.03. The lowest BCUT2D eigenvalue weighted by molar-refractivity contribution is -0.111. The predicted octanol–water partition coefficient (Wildman–Crippen LogP) is 3.63. The van der Waals surface area contributed by atoms with Gasteiger partial charge in [0.25, 0.3) is 0 Å². The number of halogens is 2. The van der Waals surface area contributed by atoms with Gasteiger partial charge in [-0.1, -0.05) is 12.1 Å². The molecule has 0 aromatic heterocycles. The van der Waals surface area contributed by atoms with Crippen LogP contribution in [0.5, 0.6) is 5.75 Å². The minimum Gasteiger partial charge on any atom is -0.494 e. The zero-order chi connectivity index (χ0) is 15.2. The fourth-order valence-electron chi connectivity index (χ4n) is 1.71. The summed E-state index contributed by atoms with van der Waals surface area (Å²) in [6.07, 6.45) is 2.70. The Labute approximate surface area is 120 Å². The highest BCUT2D eigenvalue weighted by molar-refractivity contribution is 6.01. The molecule has 0 saturated heterocycles. The van der Waals surface area contributed by atoms with E-state index < -0.39 is 17.5 Å². The zero-order valence-electron chi connectivity index (χ0n) is 11.3. The topological polar surface area (TPSA) is 38.3 Å². The normalized spacial score (nSPS) is 10.6. The number of methoxy groups -OCH3 is 1. The third kappa shape index (κ3) is 4.14. The number of anilines is 1. The van der Waals surface area contributed by atoms with Gasteiger partial charge in [-0.2, -0.15) is 0 Å². The number of ether oxygens (including phenoxy) is 1. The minimum absolute atomic E-state index is 0.136. The van der Waals surface area contributed by atoms with Gasteiger partial charge in [0, 0.05) is 11.8 Å². The van der Waals surface area contributed by atoms with E-state index in [1.165, 1.54) is 49.6 Å². The number of nitrogens with one attached hydrogen (secondary N) is 1. The summed E-state index contributed by atoms with van der Waals surface area (Å²) in [5.74, 6) is -1.24. The van der Waals surface area contributed by atoms with E-state index in [1.54, 1.807) is 12.1 Å². The minimum atomic E-state index is -0.509. The molecule has 21 heavy (non-hydrogen) atoms. The average Bonchev–Trinajstić information content (AvgIpc) is 2.45. The summed E-state index contributed by atoms with van der Waals surface area (Å²) in [7, 11) is 1.38. The molecule has 0 saturated carbocycles. The second kappa shape index (κ2) is 6.65. The van der Waals surface area contributed by atoms with E-state index in [0.717, 1.165) is 0 Å². The van der Waals surface area contributed by atoms with Gasteiger partial charge in [-0.3, -0.25) is 4.79 Å². The Morgan fingerprint density at radius 1 is 1.19 bits per heavy atom. The van der Waals surface area contributed by atoms with Gasteiger partial charge < -0.3 is 10.1 Å². The van der Waals surface area contributed by atoms with Gasteiger partial charge in [0.15, 0.2) is 11.6 Å². The van der Waals surface area contributed by atoms with Crippen LogP contribution in [0.2, 0.25) is 0 Å². The monoisotopic (exact) mass is 289 g/mol. The molecule has 0 spiro atoms. The van der Waals surface area contributed by atoms with E-state index in [0.29, 0.717) is 11.3 Å². The van der Waals surface area contributed by atoms with Crippen LogP contribution >= 0.6 is 0 Å². The molecule has 0 heterocycles. The van der Waals surface area contributed by atoms with E-state index in [1.807, 2.05) is 0 Å². The predicted molar refractivity (Wildman–Crippen MR) is 77.0 cm³/mol. The van der Waals surface area contributed by atoms with E-state index in [2.05, 4.69) is 5.32 Å². The number of amides is 1. The molecule has 1 N–H and O–H groups in total. The Bertz CT molecular complexity index is 684.